The second-order valence-corrected chi connectivity index (χ2v) is 8.10. The molecule has 0 saturated carbocycles. The van der Waals surface area contributed by atoms with Crippen molar-refractivity contribution in [2.24, 2.45) is 0 Å². The van der Waals surface area contributed by atoms with Crippen molar-refractivity contribution in [1.82, 2.24) is 15.6 Å². The van der Waals surface area contributed by atoms with Crippen LogP contribution in [0.1, 0.15) is 9.67 Å². The lowest BCUT2D eigenvalue weighted by Crippen LogP contribution is -2.38. The molecule has 0 unspecified atom stereocenters. The van der Waals surface area contributed by atoms with Gasteiger partial charge in [0, 0.05) is 18.5 Å². The standard InChI is InChI=1S/C14H10Cl2F2N4O4S2/c15-6-2-19-3-7(16)12(6)28-14-8(22(25)26)1-9(27-14)13(24)21-5-11(23)20-4-10(17)18/h1-3,10H,4-5H2,(H,20,23)(H,21,24). The Balaban J connectivity index is 2.14. The Bertz CT molecular complexity index is 893. The van der Waals surface area contributed by atoms with Gasteiger partial charge in [0.1, 0.15) is 9.09 Å². The molecule has 0 fully saturated rings. The number of halogens is 4. The Labute approximate surface area is 174 Å². The minimum atomic E-state index is -2.72. The number of nitrogens with zero attached hydrogens (tertiary/aromatic N) is 2. The molecule has 8 nitrogen and oxygen atoms in total. The molecule has 0 bridgehead atoms. The normalized spacial score (nSPS) is 10.8. The van der Waals surface area contributed by atoms with Gasteiger partial charge in [0.15, 0.2) is 0 Å². The number of nitrogens with one attached hydrogen (secondary N) is 2. The van der Waals surface area contributed by atoms with Crippen molar-refractivity contribution in [3.8, 4) is 0 Å². The predicted molar refractivity (Wildman–Crippen MR) is 101 cm³/mol. The number of nitro groups is 1. The first-order chi connectivity index (χ1) is 13.2. The molecule has 0 aliphatic carbocycles. The van der Waals surface area contributed by atoms with Gasteiger partial charge < -0.3 is 10.6 Å². The molecule has 2 aromatic rings. The highest BCUT2D eigenvalue weighted by atomic mass is 35.5. The highest BCUT2D eigenvalue weighted by Gasteiger charge is 2.25. The fraction of sp³-hybridized carbons (Fsp3) is 0.214. The smallest absolute Gasteiger partial charge is 0.294 e. The summed E-state index contributed by atoms with van der Waals surface area (Å²) in [4.78, 5) is 38.2. The first kappa shape index (κ1) is 22.3. The molecule has 2 rings (SSSR count). The minimum Gasteiger partial charge on any atom is -0.349 e. The number of alkyl halides is 2. The number of amides is 2. The van der Waals surface area contributed by atoms with Gasteiger partial charge in [-0.05, 0) is 0 Å². The van der Waals surface area contributed by atoms with Gasteiger partial charge in [0.05, 0.1) is 33.0 Å². The molecule has 150 valence electrons. The monoisotopic (exact) mass is 470 g/mol. The predicted octanol–water partition coefficient (Wildman–Crippen LogP) is 3.62. The van der Waals surface area contributed by atoms with Crippen molar-refractivity contribution >= 4 is 63.8 Å². The van der Waals surface area contributed by atoms with E-state index in [1.54, 1.807) is 0 Å². The summed E-state index contributed by atoms with van der Waals surface area (Å²) in [5, 5.41) is 15.8. The third kappa shape index (κ3) is 5.99. The molecule has 28 heavy (non-hydrogen) atoms. The van der Waals surface area contributed by atoms with Gasteiger partial charge in [-0.1, -0.05) is 35.0 Å². The van der Waals surface area contributed by atoms with Crippen LogP contribution in [-0.4, -0.2) is 41.2 Å². The number of carbonyl (C=O) groups is 2. The molecule has 0 aromatic carbocycles. The third-order valence-corrected chi connectivity index (χ3v) is 6.22. The van der Waals surface area contributed by atoms with Gasteiger partial charge in [-0.2, -0.15) is 0 Å². The average molecular weight is 471 g/mol. The van der Waals surface area contributed by atoms with Gasteiger partial charge in [-0.25, -0.2) is 8.78 Å². The fourth-order valence-electron chi connectivity index (χ4n) is 1.77. The lowest BCUT2D eigenvalue weighted by molar-refractivity contribution is -0.387. The number of rotatable bonds is 8. The minimum absolute atomic E-state index is 0.0443. The third-order valence-electron chi connectivity index (χ3n) is 2.97. The van der Waals surface area contributed by atoms with Crippen molar-refractivity contribution < 1.29 is 23.3 Å². The summed E-state index contributed by atoms with van der Waals surface area (Å²) in [6, 6.07) is 1.04. The molecular formula is C14H10Cl2F2N4O4S2. The lowest BCUT2D eigenvalue weighted by atomic mass is 10.4. The SMILES string of the molecule is O=C(CNC(=O)c1cc([N+](=O)[O-])c(Sc2c(Cl)cncc2Cl)s1)NCC(F)F. The molecule has 0 aliphatic heterocycles. The topological polar surface area (TPSA) is 114 Å². The van der Waals surface area contributed by atoms with Crippen LogP contribution in [0.2, 0.25) is 10.0 Å². The summed E-state index contributed by atoms with van der Waals surface area (Å²) < 4.78 is 24.2. The quantitative estimate of drug-likeness (QED) is 0.449. The number of aromatic nitrogens is 1. The van der Waals surface area contributed by atoms with Gasteiger partial charge in [-0.3, -0.25) is 24.7 Å². The molecule has 0 atom stereocenters. The van der Waals surface area contributed by atoms with E-state index in [-0.39, 0.29) is 24.8 Å². The Hall–Kier alpha value is -2.02. The largest absolute Gasteiger partial charge is 0.349 e. The average Bonchev–Trinajstić information content (AvgIpc) is 3.05. The van der Waals surface area contributed by atoms with Gasteiger partial charge in [-0.15, -0.1) is 11.3 Å². The zero-order valence-corrected chi connectivity index (χ0v) is 16.7. The molecule has 0 aliphatic rings. The maximum Gasteiger partial charge on any atom is 0.294 e. The van der Waals surface area contributed by atoms with E-state index in [4.69, 9.17) is 23.2 Å². The van der Waals surface area contributed by atoms with Crippen LogP contribution in [0.25, 0.3) is 0 Å². The summed E-state index contributed by atoms with van der Waals surface area (Å²) in [6.07, 6.45) is -0.0761. The number of hydrogen-bond donors (Lipinski definition) is 2. The Morgan fingerprint density at radius 1 is 1.29 bits per heavy atom. The molecular weight excluding hydrogens is 461 g/mol. The van der Waals surface area contributed by atoms with E-state index in [9.17, 15) is 28.5 Å². The van der Waals surface area contributed by atoms with Crippen molar-refractivity contribution in [3.05, 3.63) is 43.5 Å². The zero-order chi connectivity index (χ0) is 20.8. The molecule has 0 spiro atoms. The van der Waals surface area contributed by atoms with E-state index in [0.29, 0.717) is 4.90 Å². The number of pyridine rings is 1. The van der Waals surface area contributed by atoms with E-state index in [1.165, 1.54) is 12.4 Å². The van der Waals surface area contributed by atoms with E-state index in [1.807, 2.05) is 5.32 Å². The van der Waals surface area contributed by atoms with Gasteiger partial charge in [0.2, 0.25) is 5.91 Å². The lowest BCUT2D eigenvalue weighted by Gasteiger charge is -2.05. The summed E-state index contributed by atoms with van der Waals surface area (Å²) in [7, 11) is 0. The second-order valence-electron chi connectivity index (χ2n) is 4.95. The summed E-state index contributed by atoms with van der Waals surface area (Å²) in [6.45, 7) is -1.39. The zero-order valence-electron chi connectivity index (χ0n) is 13.6. The Morgan fingerprint density at radius 2 is 1.93 bits per heavy atom. The van der Waals surface area contributed by atoms with E-state index < -0.39 is 36.3 Å². The van der Waals surface area contributed by atoms with Crippen LogP contribution in [0.15, 0.2) is 27.6 Å². The highest BCUT2D eigenvalue weighted by molar-refractivity contribution is 8.01. The number of carbonyl (C=O) groups excluding carboxylic acids is 2. The first-order valence-electron chi connectivity index (χ1n) is 7.27. The van der Waals surface area contributed by atoms with Gasteiger partial charge in [0.25, 0.3) is 18.0 Å². The van der Waals surface area contributed by atoms with Crippen LogP contribution in [0, 0.1) is 10.1 Å². The molecule has 2 amide bonds. The number of thiophene rings is 1. The van der Waals surface area contributed by atoms with Crippen LogP contribution in [-0.2, 0) is 4.79 Å². The molecule has 0 saturated heterocycles. The van der Waals surface area contributed by atoms with Crippen molar-refractivity contribution in [2.75, 3.05) is 13.1 Å². The summed E-state index contributed by atoms with van der Waals surface area (Å²) >= 11 is 13.7. The van der Waals surface area contributed by atoms with Crippen molar-refractivity contribution in [1.29, 1.82) is 0 Å². The summed E-state index contributed by atoms with van der Waals surface area (Å²) in [5.41, 5.74) is -0.341. The molecule has 0 radical (unpaired) electrons. The van der Waals surface area contributed by atoms with Crippen LogP contribution in [0.5, 0.6) is 0 Å². The maximum absolute atomic E-state index is 12.1. The fourth-order valence-corrected chi connectivity index (χ4v) is 4.55. The van der Waals surface area contributed by atoms with Crippen LogP contribution in [0.4, 0.5) is 14.5 Å². The maximum atomic E-state index is 12.1. The Morgan fingerprint density at radius 3 is 2.50 bits per heavy atom. The van der Waals surface area contributed by atoms with Crippen molar-refractivity contribution in [3.63, 3.8) is 0 Å². The molecule has 2 N–H and O–H groups in total. The Kier molecular flexibility index (Phi) is 7.92. The molecule has 2 heterocycles. The molecule has 2 aromatic heterocycles. The van der Waals surface area contributed by atoms with E-state index in [0.717, 1.165) is 29.2 Å². The van der Waals surface area contributed by atoms with E-state index >= 15 is 0 Å². The van der Waals surface area contributed by atoms with Gasteiger partial charge >= 0.3 is 0 Å². The summed E-state index contributed by atoms with van der Waals surface area (Å²) in [5.74, 6) is -1.58. The van der Waals surface area contributed by atoms with Crippen LogP contribution >= 0.6 is 46.3 Å². The second kappa shape index (κ2) is 9.96. The van der Waals surface area contributed by atoms with Crippen molar-refractivity contribution in [2.45, 2.75) is 15.5 Å². The number of hydrogen-bond acceptors (Lipinski definition) is 7. The highest BCUT2D eigenvalue weighted by Crippen LogP contribution is 2.45. The first-order valence-corrected chi connectivity index (χ1v) is 9.66. The van der Waals surface area contributed by atoms with E-state index in [2.05, 4.69) is 10.3 Å². The molecule has 14 heteroatoms. The van der Waals surface area contributed by atoms with Crippen LogP contribution < -0.4 is 10.6 Å². The van der Waals surface area contributed by atoms with Crippen LogP contribution in [0.3, 0.4) is 0 Å².